The Morgan fingerprint density at radius 1 is 1.38 bits per heavy atom. The summed E-state index contributed by atoms with van der Waals surface area (Å²) in [5.74, 6) is 0.00206. The van der Waals surface area contributed by atoms with Crippen molar-refractivity contribution in [1.29, 1.82) is 0 Å². The molecule has 0 saturated heterocycles. The molecule has 0 saturated carbocycles. The van der Waals surface area contributed by atoms with Gasteiger partial charge in [0.2, 0.25) is 0 Å². The lowest BCUT2D eigenvalue weighted by atomic mass is 10.1. The van der Waals surface area contributed by atoms with Gasteiger partial charge < -0.3 is 15.7 Å². The molecule has 3 N–H and O–H groups in total. The first kappa shape index (κ1) is 13.1. The maximum absolute atomic E-state index is 9.66. The van der Waals surface area contributed by atoms with E-state index >= 15 is 0 Å². The molecule has 0 heterocycles. The number of rotatable bonds is 1. The minimum atomic E-state index is -0.127. The summed E-state index contributed by atoms with van der Waals surface area (Å²) < 4.78 is 0. The molecule has 5 heteroatoms. The van der Waals surface area contributed by atoms with Gasteiger partial charge in [-0.3, -0.25) is 0 Å². The van der Waals surface area contributed by atoms with Crippen LogP contribution in [0.2, 0.25) is 5.02 Å². The summed E-state index contributed by atoms with van der Waals surface area (Å²) in [4.78, 5) is 0. The molecule has 88 valence electrons. The van der Waals surface area contributed by atoms with E-state index < -0.39 is 0 Å². The molecule has 3 nitrogen and oxygen atoms in total. The number of hydrogen-bond donors (Lipinski definition) is 3. The molecule has 0 bridgehead atoms. The Kier molecular flexibility index (Phi) is 3.99. The number of hydrogen-bond acceptors (Lipinski definition) is 2. The van der Waals surface area contributed by atoms with E-state index in [1.165, 1.54) is 0 Å². The zero-order valence-corrected chi connectivity index (χ0v) is 11.0. The lowest BCUT2D eigenvalue weighted by molar-refractivity contribution is 0.477. The Morgan fingerprint density at radius 3 is 2.56 bits per heavy atom. The fourth-order valence-corrected chi connectivity index (χ4v) is 1.70. The molecular weight excluding hydrogens is 244 g/mol. The minimum Gasteiger partial charge on any atom is -0.504 e. The van der Waals surface area contributed by atoms with Crippen molar-refractivity contribution in [1.82, 2.24) is 5.32 Å². The Hall–Kier alpha value is -1.00. The van der Waals surface area contributed by atoms with Gasteiger partial charge in [0, 0.05) is 5.54 Å². The van der Waals surface area contributed by atoms with Crippen molar-refractivity contribution in [2.45, 2.75) is 26.3 Å². The van der Waals surface area contributed by atoms with Gasteiger partial charge in [0.1, 0.15) is 0 Å². The van der Waals surface area contributed by atoms with Gasteiger partial charge in [-0.05, 0) is 45.1 Å². The first-order valence-electron chi connectivity index (χ1n) is 4.86. The van der Waals surface area contributed by atoms with Crippen LogP contribution < -0.4 is 10.6 Å². The zero-order valence-electron chi connectivity index (χ0n) is 9.47. The largest absolute Gasteiger partial charge is 0.504 e. The fourth-order valence-electron chi connectivity index (χ4n) is 1.11. The van der Waals surface area contributed by atoms with Gasteiger partial charge in [-0.25, -0.2) is 0 Å². The number of anilines is 1. The number of phenolic OH excluding ortho intramolecular Hbond substituents is 1. The van der Waals surface area contributed by atoms with Crippen molar-refractivity contribution in [2.75, 3.05) is 5.32 Å². The van der Waals surface area contributed by atoms with Crippen molar-refractivity contribution in [3.63, 3.8) is 0 Å². The smallest absolute Gasteiger partial charge is 0.171 e. The molecule has 16 heavy (non-hydrogen) atoms. The average molecular weight is 259 g/mol. The fraction of sp³-hybridized carbons (Fsp3) is 0.364. The first-order chi connectivity index (χ1) is 7.29. The van der Waals surface area contributed by atoms with Crippen LogP contribution in [0, 0.1) is 0 Å². The summed E-state index contributed by atoms with van der Waals surface area (Å²) in [6.45, 7) is 6.00. The van der Waals surface area contributed by atoms with Crippen LogP contribution in [0.1, 0.15) is 20.8 Å². The topological polar surface area (TPSA) is 44.3 Å². The van der Waals surface area contributed by atoms with Gasteiger partial charge in [-0.1, -0.05) is 17.7 Å². The van der Waals surface area contributed by atoms with E-state index in [-0.39, 0.29) is 11.3 Å². The van der Waals surface area contributed by atoms with E-state index in [4.69, 9.17) is 23.8 Å². The molecular formula is C11H15ClN2OS. The van der Waals surface area contributed by atoms with Gasteiger partial charge in [0.25, 0.3) is 0 Å². The Balaban J connectivity index is 2.74. The number of aromatic hydroxyl groups is 1. The number of halogens is 1. The van der Waals surface area contributed by atoms with Crippen LogP contribution in [0.25, 0.3) is 0 Å². The van der Waals surface area contributed by atoms with Crippen molar-refractivity contribution in [2.24, 2.45) is 0 Å². The first-order valence-corrected chi connectivity index (χ1v) is 5.65. The normalized spacial score (nSPS) is 11.0. The third-order valence-electron chi connectivity index (χ3n) is 1.72. The summed E-state index contributed by atoms with van der Waals surface area (Å²) in [5, 5.41) is 16.4. The molecule has 0 aliphatic carbocycles. The van der Waals surface area contributed by atoms with Gasteiger partial charge in [-0.15, -0.1) is 0 Å². The maximum Gasteiger partial charge on any atom is 0.171 e. The van der Waals surface area contributed by atoms with Crippen LogP contribution in [0.4, 0.5) is 5.69 Å². The number of phenols is 1. The monoisotopic (exact) mass is 258 g/mol. The van der Waals surface area contributed by atoms with Crippen LogP contribution in [0.5, 0.6) is 5.75 Å². The van der Waals surface area contributed by atoms with Crippen molar-refractivity contribution < 1.29 is 5.11 Å². The lowest BCUT2D eigenvalue weighted by Gasteiger charge is -2.23. The lowest BCUT2D eigenvalue weighted by Crippen LogP contribution is -2.42. The molecule has 0 amide bonds. The summed E-state index contributed by atoms with van der Waals surface area (Å²) in [5.41, 5.74) is 0.368. The molecule has 0 radical (unpaired) electrons. The highest BCUT2D eigenvalue weighted by Gasteiger charge is 2.12. The maximum atomic E-state index is 9.66. The van der Waals surface area contributed by atoms with Crippen LogP contribution in [-0.2, 0) is 0 Å². The van der Waals surface area contributed by atoms with E-state index in [1.807, 2.05) is 20.8 Å². The van der Waals surface area contributed by atoms with E-state index in [0.717, 1.165) is 0 Å². The third kappa shape index (κ3) is 3.87. The van der Waals surface area contributed by atoms with Gasteiger partial charge >= 0.3 is 0 Å². The van der Waals surface area contributed by atoms with E-state index in [0.29, 0.717) is 15.8 Å². The number of nitrogens with one attached hydrogen (secondary N) is 2. The average Bonchev–Trinajstić information content (AvgIpc) is 2.09. The Labute approximate surface area is 106 Å². The zero-order chi connectivity index (χ0) is 12.3. The highest BCUT2D eigenvalue weighted by atomic mass is 35.5. The second-order valence-electron chi connectivity index (χ2n) is 4.47. The molecule has 0 fully saturated rings. The number of thiocarbonyl (C=S) groups is 1. The Bertz CT molecular complexity index is 401. The third-order valence-corrected chi connectivity index (χ3v) is 2.23. The molecule has 0 spiro atoms. The molecule has 0 atom stereocenters. The van der Waals surface area contributed by atoms with E-state index in [9.17, 15) is 5.11 Å². The molecule has 1 aromatic rings. The summed E-state index contributed by atoms with van der Waals surface area (Å²) in [6.07, 6.45) is 0. The number of benzene rings is 1. The second-order valence-corrected chi connectivity index (χ2v) is 5.28. The van der Waals surface area contributed by atoms with E-state index in [1.54, 1.807) is 18.2 Å². The minimum absolute atomic E-state index is 0.00206. The van der Waals surface area contributed by atoms with Crippen molar-refractivity contribution in [3.05, 3.63) is 23.2 Å². The van der Waals surface area contributed by atoms with Gasteiger partial charge in [0.05, 0.1) is 10.7 Å². The van der Waals surface area contributed by atoms with Crippen molar-refractivity contribution in [3.8, 4) is 5.75 Å². The molecule has 1 rings (SSSR count). The molecule has 0 aliphatic rings. The molecule has 0 unspecified atom stereocenters. The summed E-state index contributed by atoms with van der Waals surface area (Å²) in [7, 11) is 0. The quantitative estimate of drug-likeness (QED) is 0.535. The highest BCUT2D eigenvalue weighted by molar-refractivity contribution is 7.80. The molecule has 0 aromatic heterocycles. The highest BCUT2D eigenvalue weighted by Crippen LogP contribution is 2.31. The summed E-state index contributed by atoms with van der Waals surface area (Å²) >= 11 is 10.9. The second kappa shape index (κ2) is 4.89. The Morgan fingerprint density at radius 2 is 2.00 bits per heavy atom. The van der Waals surface area contributed by atoms with Crippen LogP contribution >= 0.6 is 23.8 Å². The van der Waals surface area contributed by atoms with Crippen LogP contribution in [-0.4, -0.2) is 15.8 Å². The van der Waals surface area contributed by atoms with Gasteiger partial charge in [0.15, 0.2) is 10.9 Å². The molecule has 0 aliphatic heterocycles. The summed E-state index contributed by atoms with van der Waals surface area (Å²) in [6, 6.07) is 5.06. The van der Waals surface area contributed by atoms with E-state index in [2.05, 4.69) is 10.6 Å². The van der Waals surface area contributed by atoms with Crippen LogP contribution in [0.15, 0.2) is 18.2 Å². The molecule has 1 aromatic carbocycles. The van der Waals surface area contributed by atoms with Crippen LogP contribution in [0.3, 0.4) is 0 Å². The van der Waals surface area contributed by atoms with Gasteiger partial charge in [-0.2, -0.15) is 0 Å². The predicted molar refractivity (Wildman–Crippen MR) is 72.2 cm³/mol. The SMILES string of the molecule is CC(C)(C)NC(=S)Nc1cccc(Cl)c1O. The standard InChI is InChI=1S/C11H15ClN2OS/c1-11(2,3)14-10(16)13-8-6-4-5-7(12)9(8)15/h4-6,15H,1-3H3,(H2,13,14,16). The predicted octanol–water partition coefficient (Wildman–Crippen LogP) is 3.13. The number of para-hydroxylation sites is 1. The van der Waals surface area contributed by atoms with Crippen molar-refractivity contribution >= 4 is 34.6 Å².